The van der Waals surface area contributed by atoms with Crippen molar-refractivity contribution in [2.75, 3.05) is 0 Å². The first kappa shape index (κ1) is 6.27. The number of hydrogen-bond donors (Lipinski definition) is 0. The molecule has 4 nitrogen and oxygen atoms in total. The highest BCUT2D eigenvalue weighted by Gasteiger charge is 2.23. The second kappa shape index (κ2) is 2.02. The highest BCUT2D eigenvalue weighted by Crippen LogP contribution is 2.20. The Morgan fingerprint density at radius 3 is 2.55 bits per heavy atom. The number of hydrogen-bond acceptors (Lipinski definition) is 3. The van der Waals surface area contributed by atoms with Gasteiger partial charge in [-0.05, 0) is 0 Å². The van der Waals surface area contributed by atoms with Crippen LogP contribution in [0.5, 0.6) is 0 Å². The Hall–Kier alpha value is -1.45. The van der Waals surface area contributed by atoms with Crippen molar-refractivity contribution in [2.24, 2.45) is 9.98 Å². The van der Waals surface area contributed by atoms with Gasteiger partial charge in [0.05, 0.1) is 6.33 Å². The Morgan fingerprint density at radius 1 is 1.27 bits per heavy atom. The molecule has 0 saturated heterocycles. The van der Waals surface area contributed by atoms with Gasteiger partial charge in [0, 0.05) is 31.7 Å². The van der Waals surface area contributed by atoms with E-state index in [1.807, 2.05) is 17.7 Å². The molecule has 0 bridgehead atoms. The molecule has 0 spiro atoms. The second-order valence-corrected chi connectivity index (χ2v) is 2.50. The lowest BCUT2D eigenvalue weighted by Gasteiger charge is -2.17. The lowest BCUT2D eigenvalue weighted by molar-refractivity contribution is 0.363. The third kappa shape index (κ3) is 0.869. The van der Waals surface area contributed by atoms with Gasteiger partial charge in [-0.1, -0.05) is 0 Å². The van der Waals surface area contributed by atoms with Gasteiger partial charge in [-0.25, -0.2) is 15.0 Å². The van der Waals surface area contributed by atoms with Crippen LogP contribution in [0.3, 0.4) is 0 Å². The smallest absolute Gasteiger partial charge is 0.228 e. The molecule has 0 radical (unpaired) electrons. The van der Waals surface area contributed by atoms with Crippen molar-refractivity contribution in [2.45, 2.75) is 12.7 Å². The van der Waals surface area contributed by atoms with Gasteiger partial charge in [0.15, 0.2) is 0 Å². The van der Waals surface area contributed by atoms with E-state index in [1.165, 1.54) is 0 Å². The minimum Gasteiger partial charge on any atom is -0.294 e. The van der Waals surface area contributed by atoms with E-state index in [0.717, 1.165) is 0 Å². The Bertz CT molecular complexity index is 284. The van der Waals surface area contributed by atoms with Crippen LogP contribution >= 0.6 is 0 Å². The summed E-state index contributed by atoms with van der Waals surface area (Å²) < 4.78 is 1.85. The third-order valence-electron chi connectivity index (χ3n) is 1.70. The Balaban J connectivity index is 2.43. The minimum absolute atomic E-state index is 0.490. The maximum atomic E-state index is 4.19. The zero-order valence-electron chi connectivity index (χ0n) is 6.18. The number of aromatic nitrogens is 2. The highest BCUT2D eigenvalue weighted by molar-refractivity contribution is 6.17. The molecule has 0 unspecified atom stereocenters. The van der Waals surface area contributed by atoms with Crippen LogP contribution in [0.2, 0.25) is 0 Å². The molecular weight excluding hydrogens is 140 g/mol. The van der Waals surface area contributed by atoms with Gasteiger partial charge in [0.2, 0.25) is 5.79 Å². The third-order valence-corrected chi connectivity index (χ3v) is 1.70. The fraction of sp³-hybridized carbons (Fsp3) is 0.286. The fourth-order valence-electron chi connectivity index (χ4n) is 1.03. The van der Waals surface area contributed by atoms with Crippen LogP contribution in [-0.2, 0) is 5.79 Å². The summed E-state index contributed by atoms with van der Waals surface area (Å²) in [6.45, 7) is 1.93. The first-order valence-electron chi connectivity index (χ1n) is 3.39. The molecule has 1 aromatic heterocycles. The van der Waals surface area contributed by atoms with E-state index in [0.29, 0.717) is 0 Å². The molecule has 4 heteroatoms. The molecule has 2 heterocycles. The highest BCUT2D eigenvalue weighted by atomic mass is 15.3. The number of rotatable bonds is 1. The van der Waals surface area contributed by atoms with Crippen LogP contribution in [0.4, 0.5) is 0 Å². The zero-order chi connectivity index (χ0) is 7.73. The van der Waals surface area contributed by atoms with Crippen LogP contribution in [0.1, 0.15) is 6.92 Å². The van der Waals surface area contributed by atoms with E-state index in [1.54, 1.807) is 25.0 Å². The molecular formula is C7H8N4. The van der Waals surface area contributed by atoms with Gasteiger partial charge in [0.25, 0.3) is 0 Å². The van der Waals surface area contributed by atoms with E-state index < -0.39 is 5.79 Å². The summed E-state index contributed by atoms with van der Waals surface area (Å²) in [5.41, 5.74) is 0. The maximum Gasteiger partial charge on any atom is 0.228 e. The average Bonchev–Trinajstić information content (AvgIpc) is 2.55. The maximum absolute atomic E-state index is 4.19. The van der Waals surface area contributed by atoms with Crippen molar-refractivity contribution in [1.29, 1.82) is 0 Å². The molecule has 0 atom stereocenters. The first-order chi connectivity index (χ1) is 5.31. The summed E-state index contributed by atoms with van der Waals surface area (Å²) in [6.07, 6.45) is 8.66. The number of aliphatic imine (C=N–C) groups is 2. The summed E-state index contributed by atoms with van der Waals surface area (Å²) >= 11 is 0. The quantitative estimate of drug-likeness (QED) is 0.577. The lowest BCUT2D eigenvalue weighted by atomic mass is 10.4. The predicted molar refractivity (Wildman–Crippen MR) is 42.9 cm³/mol. The molecule has 11 heavy (non-hydrogen) atoms. The average molecular weight is 148 g/mol. The van der Waals surface area contributed by atoms with E-state index in [4.69, 9.17) is 0 Å². The summed E-state index contributed by atoms with van der Waals surface area (Å²) in [5, 5.41) is 0. The molecule has 1 aliphatic heterocycles. The minimum atomic E-state index is -0.490. The van der Waals surface area contributed by atoms with Gasteiger partial charge in [0.1, 0.15) is 0 Å². The normalized spacial score (nSPS) is 19.4. The molecule has 0 amide bonds. The summed E-state index contributed by atoms with van der Waals surface area (Å²) in [5.74, 6) is -0.490. The molecule has 1 aromatic rings. The number of nitrogens with zero attached hydrogens (tertiary/aromatic N) is 4. The predicted octanol–water partition coefficient (Wildman–Crippen LogP) is 0.668. The van der Waals surface area contributed by atoms with Crippen molar-refractivity contribution in [3.8, 4) is 0 Å². The first-order valence-corrected chi connectivity index (χ1v) is 3.39. The van der Waals surface area contributed by atoms with Gasteiger partial charge >= 0.3 is 0 Å². The molecule has 0 N–H and O–H groups in total. The van der Waals surface area contributed by atoms with Crippen LogP contribution in [0, 0.1) is 0 Å². The molecule has 0 aliphatic carbocycles. The lowest BCUT2D eigenvalue weighted by Crippen LogP contribution is -2.21. The van der Waals surface area contributed by atoms with Crippen molar-refractivity contribution in [1.82, 2.24) is 9.55 Å². The molecule has 0 saturated carbocycles. The van der Waals surface area contributed by atoms with Crippen molar-refractivity contribution >= 4 is 12.4 Å². The summed E-state index contributed by atoms with van der Waals surface area (Å²) in [6, 6.07) is 0. The molecule has 56 valence electrons. The van der Waals surface area contributed by atoms with Crippen LogP contribution < -0.4 is 0 Å². The van der Waals surface area contributed by atoms with E-state index >= 15 is 0 Å². The second-order valence-electron chi connectivity index (χ2n) is 2.50. The summed E-state index contributed by atoms with van der Waals surface area (Å²) in [4.78, 5) is 12.3. The molecule has 0 fully saturated rings. The Labute approximate surface area is 64.3 Å². The van der Waals surface area contributed by atoms with Gasteiger partial charge < -0.3 is 0 Å². The SMILES string of the molecule is CC1(n2ccnc2)N=CC=N1. The van der Waals surface area contributed by atoms with E-state index in [9.17, 15) is 0 Å². The van der Waals surface area contributed by atoms with Gasteiger partial charge in [-0.15, -0.1) is 0 Å². The van der Waals surface area contributed by atoms with Crippen molar-refractivity contribution < 1.29 is 0 Å². The molecule has 2 rings (SSSR count). The monoisotopic (exact) mass is 148 g/mol. The van der Waals surface area contributed by atoms with Crippen LogP contribution in [0.25, 0.3) is 0 Å². The zero-order valence-corrected chi connectivity index (χ0v) is 6.18. The Morgan fingerprint density at radius 2 is 2.00 bits per heavy atom. The molecule has 0 aromatic carbocycles. The van der Waals surface area contributed by atoms with Crippen molar-refractivity contribution in [3.05, 3.63) is 18.7 Å². The largest absolute Gasteiger partial charge is 0.294 e. The molecule has 1 aliphatic rings. The van der Waals surface area contributed by atoms with Crippen molar-refractivity contribution in [3.63, 3.8) is 0 Å². The fourth-order valence-corrected chi connectivity index (χ4v) is 1.03. The standard InChI is InChI=1S/C7H8N4/c1-7(9-2-3-10-7)11-5-4-8-6-11/h2-6H,1H3. The van der Waals surface area contributed by atoms with E-state index in [2.05, 4.69) is 15.0 Å². The van der Waals surface area contributed by atoms with E-state index in [-0.39, 0.29) is 0 Å². The van der Waals surface area contributed by atoms with Crippen LogP contribution in [-0.4, -0.2) is 22.0 Å². The van der Waals surface area contributed by atoms with Gasteiger partial charge in [-0.2, -0.15) is 0 Å². The topological polar surface area (TPSA) is 42.5 Å². The van der Waals surface area contributed by atoms with Gasteiger partial charge in [-0.3, -0.25) is 4.57 Å². The number of imidazole rings is 1. The summed E-state index contributed by atoms with van der Waals surface area (Å²) in [7, 11) is 0. The van der Waals surface area contributed by atoms with Crippen LogP contribution in [0.15, 0.2) is 28.7 Å². The Kier molecular flexibility index (Phi) is 1.15.